The second kappa shape index (κ2) is 72.6. The Balaban J connectivity index is 3.97. The Kier molecular flexibility index (Phi) is 69.9. The highest BCUT2D eigenvalue weighted by atomic mass is 16.7. The van der Waals surface area contributed by atoms with Crippen LogP contribution in [0.2, 0.25) is 0 Å². The van der Waals surface area contributed by atoms with E-state index in [1.807, 2.05) is 21.1 Å². The van der Waals surface area contributed by atoms with Gasteiger partial charge in [0.25, 0.3) is 0 Å². The molecule has 0 aliphatic heterocycles. The average Bonchev–Trinajstić information content (AvgIpc) is 3.46. The normalized spacial score (nSPS) is 13.0. The third-order valence-electron chi connectivity index (χ3n) is 17.4. The molecule has 530 valence electrons. The number of carboxylic acid groups (broad SMARTS) is 1. The van der Waals surface area contributed by atoms with Crippen molar-refractivity contribution in [3.05, 3.63) is 72.9 Å². The molecule has 0 bridgehead atoms. The molecule has 0 aliphatic rings. The number of allylic oxidation sites excluding steroid dienone is 12. The molecule has 0 N–H and O–H groups in total. The number of quaternary nitrogens is 1. The van der Waals surface area contributed by atoms with Crippen LogP contribution < -0.4 is 5.11 Å². The average molecular weight is 1280 g/mol. The molecule has 0 saturated heterocycles. The van der Waals surface area contributed by atoms with E-state index in [2.05, 4.69) is 86.8 Å². The summed E-state index contributed by atoms with van der Waals surface area (Å²) >= 11 is 0. The lowest BCUT2D eigenvalue weighted by Crippen LogP contribution is -2.44. The zero-order chi connectivity index (χ0) is 66.1. The highest BCUT2D eigenvalue weighted by molar-refractivity contribution is 5.70. The second-order valence-electron chi connectivity index (χ2n) is 27.6. The second-order valence-corrected chi connectivity index (χ2v) is 27.6. The van der Waals surface area contributed by atoms with E-state index in [4.69, 9.17) is 18.9 Å². The van der Waals surface area contributed by atoms with E-state index in [1.54, 1.807) is 0 Å². The number of esters is 2. The van der Waals surface area contributed by atoms with E-state index >= 15 is 0 Å². The van der Waals surface area contributed by atoms with Crippen LogP contribution in [-0.4, -0.2) is 82.3 Å². The maximum absolute atomic E-state index is 13.0. The first-order chi connectivity index (χ1) is 44.6. The lowest BCUT2D eigenvalue weighted by molar-refractivity contribution is -0.870. The molecule has 0 rings (SSSR count). The third-order valence-corrected chi connectivity index (χ3v) is 17.4. The van der Waals surface area contributed by atoms with Crippen molar-refractivity contribution in [3.63, 3.8) is 0 Å². The number of nitrogens with zero attached hydrogens (tertiary/aromatic N) is 1. The first-order valence-electron chi connectivity index (χ1n) is 39.1. The van der Waals surface area contributed by atoms with Gasteiger partial charge in [-0.25, -0.2) is 0 Å². The molecule has 9 nitrogen and oxygen atoms in total. The van der Waals surface area contributed by atoms with Gasteiger partial charge in [-0.2, -0.15) is 0 Å². The van der Waals surface area contributed by atoms with Crippen LogP contribution in [0.5, 0.6) is 0 Å². The Morgan fingerprint density at radius 1 is 0.341 bits per heavy atom. The number of carboxylic acids is 1. The van der Waals surface area contributed by atoms with Gasteiger partial charge in [-0.3, -0.25) is 9.59 Å². The summed E-state index contributed by atoms with van der Waals surface area (Å²) in [6.45, 7) is 4.68. The van der Waals surface area contributed by atoms with Crippen molar-refractivity contribution >= 4 is 17.9 Å². The third kappa shape index (κ3) is 74.0. The SMILES string of the molecule is CC/C=C\C/C=C\C/C=C\C/C=C\CCCCCCCCCCCCCCCCCCCCCCCCCCCCC(=O)OC(COC(=O)CCCCCCCCCCCCCCCCC/C=C\C/C=C\CCCCCCC)COC(OCC[N+](C)(C)C)C(=O)[O-]. The van der Waals surface area contributed by atoms with Crippen molar-refractivity contribution in [2.24, 2.45) is 0 Å². The van der Waals surface area contributed by atoms with Gasteiger partial charge >= 0.3 is 11.9 Å². The van der Waals surface area contributed by atoms with E-state index in [1.165, 1.54) is 276 Å². The fourth-order valence-corrected chi connectivity index (χ4v) is 11.5. The van der Waals surface area contributed by atoms with Crippen LogP contribution in [-0.2, 0) is 33.3 Å². The van der Waals surface area contributed by atoms with Gasteiger partial charge in [-0.05, 0) is 83.5 Å². The Labute approximate surface area is 564 Å². The van der Waals surface area contributed by atoms with E-state index in [9.17, 15) is 19.5 Å². The van der Waals surface area contributed by atoms with E-state index in [0.29, 0.717) is 17.4 Å². The van der Waals surface area contributed by atoms with Crippen LogP contribution in [0.15, 0.2) is 72.9 Å². The quantitative estimate of drug-likeness (QED) is 0.0195. The Morgan fingerprint density at radius 2 is 0.626 bits per heavy atom. The maximum atomic E-state index is 13.0. The molecule has 0 aliphatic carbocycles. The molecule has 2 atom stereocenters. The zero-order valence-electron chi connectivity index (χ0n) is 60.7. The fraction of sp³-hybridized carbons (Fsp3) is 0.817. The summed E-state index contributed by atoms with van der Waals surface area (Å²) in [6.07, 6.45) is 94.5. The van der Waals surface area contributed by atoms with Crippen LogP contribution >= 0.6 is 0 Å². The molecule has 0 spiro atoms. The molecular weight excluding hydrogens is 1130 g/mol. The predicted octanol–water partition coefficient (Wildman–Crippen LogP) is 23.5. The minimum atomic E-state index is -1.62. The van der Waals surface area contributed by atoms with Crippen LogP contribution in [0.4, 0.5) is 0 Å². The first-order valence-corrected chi connectivity index (χ1v) is 39.1. The summed E-state index contributed by atoms with van der Waals surface area (Å²) in [5.74, 6) is -2.26. The smallest absolute Gasteiger partial charge is 0.306 e. The number of likely N-dealkylation sites (N-methyl/N-ethyl adjacent to an activating group) is 1. The molecule has 0 radical (unpaired) electrons. The number of rotatable bonds is 73. The summed E-state index contributed by atoms with van der Waals surface area (Å²) in [7, 11) is 5.95. The molecule has 91 heavy (non-hydrogen) atoms. The van der Waals surface area contributed by atoms with Gasteiger partial charge in [0.2, 0.25) is 0 Å². The molecule has 9 heteroatoms. The summed E-state index contributed by atoms with van der Waals surface area (Å²) < 4.78 is 22.9. The summed E-state index contributed by atoms with van der Waals surface area (Å²) in [5.41, 5.74) is 0. The van der Waals surface area contributed by atoms with Crippen molar-refractivity contribution in [2.75, 3.05) is 47.5 Å². The monoisotopic (exact) mass is 1280 g/mol. The van der Waals surface area contributed by atoms with Gasteiger partial charge in [0, 0.05) is 12.8 Å². The number of carbonyl (C=O) groups is 3. The van der Waals surface area contributed by atoms with E-state index in [0.717, 1.165) is 70.6 Å². The number of aliphatic carboxylic acids is 1. The van der Waals surface area contributed by atoms with E-state index < -0.39 is 24.3 Å². The van der Waals surface area contributed by atoms with Crippen LogP contribution in [0.25, 0.3) is 0 Å². The number of unbranched alkanes of at least 4 members (excludes halogenated alkanes) is 46. The van der Waals surface area contributed by atoms with Crippen molar-refractivity contribution < 1.29 is 42.9 Å². The fourth-order valence-electron chi connectivity index (χ4n) is 11.5. The van der Waals surface area contributed by atoms with Gasteiger partial charge in [0.15, 0.2) is 12.4 Å². The number of hydrogen-bond donors (Lipinski definition) is 0. The lowest BCUT2D eigenvalue weighted by Gasteiger charge is -2.26. The van der Waals surface area contributed by atoms with Gasteiger partial charge in [-0.15, -0.1) is 0 Å². The molecule has 2 unspecified atom stereocenters. The molecule has 0 aromatic rings. The van der Waals surface area contributed by atoms with Crippen molar-refractivity contribution in [2.45, 2.75) is 386 Å². The first kappa shape index (κ1) is 87.7. The molecule has 0 aromatic heterocycles. The lowest BCUT2D eigenvalue weighted by atomic mass is 10.0. The highest BCUT2D eigenvalue weighted by Crippen LogP contribution is 2.19. The van der Waals surface area contributed by atoms with Crippen LogP contribution in [0.1, 0.15) is 373 Å². The summed E-state index contributed by atoms with van der Waals surface area (Å²) in [6, 6.07) is 0. The van der Waals surface area contributed by atoms with Gasteiger partial charge in [0.1, 0.15) is 13.2 Å². The van der Waals surface area contributed by atoms with E-state index in [-0.39, 0.29) is 32.2 Å². The topological polar surface area (TPSA) is 111 Å². The molecule has 0 saturated carbocycles. The molecule has 0 amide bonds. The molecule has 0 fully saturated rings. The standard InChI is InChI=1S/C82H149NO8/c1-6-8-10-12-14-16-18-20-22-24-26-28-30-32-34-35-36-37-38-39-40-41-42-43-44-45-47-49-51-53-55-57-59-61-63-65-67-69-71-73-80(85)91-78(77-90-82(81(86)87)88-75-74-83(3,4)5)76-89-79(84)72-70-68-66-64-62-60-58-56-54-52-50-48-46-33-31-29-27-25-23-21-19-17-15-13-11-9-7-2/h8,10,14,16,19-22,25-28,78,82H,6-7,9,11-13,15,17-18,23-24,29-77H2,1-5H3/b10-8-,16-14-,21-19-,22-20-,27-25-,28-26-. The predicted molar refractivity (Wildman–Crippen MR) is 389 cm³/mol. The van der Waals surface area contributed by atoms with Crippen molar-refractivity contribution in [1.82, 2.24) is 0 Å². The maximum Gasteiger partial charge on any atom is 0.306 e. The summed E-state index contributed by atoms with van der Waals surface area (Å²) in [4.78, 5) is 37.6. The van der Waals surface area contributed by atoms with Crippen LogP contribution in [0, 0.1) is 0 Å². The zero-order valence-corrected chi connectivity index (χ0v) is 60.7. The van der Waals surface area contributed by atoms with Crippen molar-refractivity contribution in [3.8, 4) is 0 Å². The summed E-state index contributed by atoms with van der Waals surface area (Å²) in [5, 5.41) is 11.9. The molecule has 0 aromatic carbocycles. The number of carbonyl (C=O) groups excluding carboxylic acids is 3. The Bertz CT molecular complexity index is 1730. The number of hydrogen-bond acceptors (Lipinski definition) is 8. The molecule has 0 heterocycles. The van der Waals surface area contributed by atoms with Gasteiger partial charge in [-0.1, -0.05) is 350 Å². The van der Waals surface area contributed by atoms with Gasteiger partial charge in [0.05, 0.1) is 40.3 Å². The Hall–Kier alpha value is -3.27. The highest BCUT2D eigenvalue weighted by Gasteiger charge is 2.22. The largest absolute Gasteiger partial charge is 0.545 e. The minimum Gasteiger partial charge on any atom is -0.545 e. The minimum absolute atomic E-state index is 0.149. The number of ether oxygens (including phenoxy) is 4. The van der Waals surface area contributed by atoms with Gasteiger partial charge < -0.3 is 33.3 Å². The van der Waals surface area contributed by atoms with Crippen LogP contribution in [0.3, 0.4) is 0 Å². The Morgan fingerprint density at radius 3 is 0.934 bits per heavy atom. The van der Waals surface area contributed by atoms with Crippen molar-refractivity contribution in [1.29, 1.82) is 0 Å². The molecular formula is C82H149NO8.